The lowest BCUT2D eigenvalue weighted by Crippen LogP contribution is -2.74. The molecule has 43 heavy (non-hydrogen) atoms. The number of hydrogen-bond donors (Lipinski definition) is 4. The van der Waals surface area contributed by atoms with E-state index >= 15 is 0 Å². The molecule has 11 heteroatoms. The fourth-order valence-corrected chi connectivity index (χ4v) is 8.00. The number of carbonyl (C=O) groups is 5. The van der Waals surface area contributed by atoms with Crippen LogP contribution in [0.25, 0.3) is 11.3 Å². The number of Topliss-reactive ketones (excluding diaryl/α,β-unsaturated/α-hetero) is 4. The molecule has 3 fully saturated rings. The third-order valence-corrected chi connectivity index (χ3v) is 10.0. The predicted octanol–water partition coefficient (Wildman–Crippen LogP) is 1.55. The van der Waals surface area contributed by atoms with E-state index in [1.807, 2.05) is 12.1 Å². The van der Waals surface area contributed by atoms with Crippen molar-refractivity contribution in [3.8, 4) is 17.1 Å². The van der Waals surface area contributed by atoms with E-state index < -0.39 is 64.4 Å². The van der Waals surface area contributed by atoms with E-state index in [9.17, 15) is 34.2 Å². The van der Waals surface area contributed by atoms with Gasteiger partial charge in [-0.1, -0.05) is 19.3 Å². The van der Waals surface area contributed by atoms with Crippen LogP contribution in [0.4, 0.5) is 0 Å². The van der Waals surface area contributed by atoms with Gasteiger partial charge >= 0.3 is 0 Å². The number of furan rings is 1. The van der Waals surface area contributed by atoms with Crippen LogP contribution in [0.5, 0.6) is 5.75 Å². The lowest BCUT2D eigenvalue weighted by Gasteiger charge is -2.52. The van der Waals surface area contributed by atoms with Gasteiger partial charge in [0.25, 0.3) is 0 Å². The molecule has 0 aliphatic heterocycles. The number of primary amides is 1. The highest BCUT2D eigenvalue weighted by molar-refractivity contribution is 6.32. The van der Waals surface area contributed by atoms with Crippen LogP contribution in [-0.4, -0.2) is 75.9 Å². The van der Waals surface area contributed by atoms with Crippen LogP contribution < -0.4 is 11.1 Å². The molecule has 6 unspecified atom stereocenters. The maximum absolute atomic E-state index is 14.0. The first-order valence-electron chi connectivity index (χ1n) is 15.0. The lowest BCUT2D eigenvalue weighted by atomic mass is 9.52. The number of hydrogen-bond acceptors (Lipinski definition) is 10. The minimum Gasteiger partial charge on any atom is -0.507 e. The highest BCUT2D eigenvalue weighted by Gasteiger charge is 2.69. The molecule has 5 N–H and O–H groups in total. The summed E-state index contributed by atoms with van der Waals surface area (Å²) in [6.07, 6.45) is 6.11. The lowest BCUT2D eigenvalue weighted by molar-refractivity contribution is -0.181. The maximum Gasteiger partial charge on any atom is 0.235 e. The SMILES string of the molecule is CN(C)C1C(=O)C(C(N)=O)C(=O)C2(O)C(=O)C3C(=O)c4c(O)ccc(-c5ccc(CNC6CCCCC6)o5)c4CC3CC12. The van der Waals surface area contributed by atoms with Gasteiger partial charge in [-0.3, -0.25) is 28.9 Å². The molecule has 4 aliphatic carbocycles. The van der Waals surface area contributed by atoms with Crippen molar-refractivity contribution < 1.29 is 38.6 Å². The van der Waals surface area contributed by atoms with Gasteiger partial charge in [0.05, 0.1) is 24.1 Å². The minimum absolute atomic E-state index is 0.00625. The Morgan fingerprint density at radius 1 is 1.07 bits per heavy atom. The van der Waals surface area contributed by atoms with Crippen molar-refractivity contribution in [2.24, 2.45) is 29.4 Å². The summed E-state index contributed by atoms with van der Waals surface area (Å²) >= 11 is 0. The van der Waals surface area contributed by atoms with E-state index in [-0.39, 0.29) is 24.2 Å². The third kappa shape index (κ3) is 4.56. The number of fused-ring (bicyclic) bond motifs is 3. The molecule has 1 amide bonds. The number of phenols is 1. The fourth-order valence-electron chi connectivity index (χ4n) is 8.00. The van der Waals surface area contributed by atoms with Gasteiger partial charge in [-0.15, -0.1) is 0 Å². The van der Waals surface area contributed by atoms with Crippen molar-refractivity contribution in [2.75, 3.05) is 14.1 Å². The van der Waals surface area contributed by atoms with E-state index in [1.165, 1.54) is 30.2 Å². The number of benzene rings is 1. The van der Waals surface area contributed by atoms with Crippen molar-refractivity contribution >= 4 is 29.0 Å². The molecule has 4 aliphatic rings. The zero-order chi connectivity index (χ0) is 30.8. The molecule has 11 nitrogen and oxygen atoms in total. The van der Waals surface area contributed by atoms with Gasteiger partial charge in [-0.2, -0.15) is 0 Å². The quantitative estimate of drug-likeness (QED) is 0.360. The fraction of sp³-hybridized carbons (Fsp3) is 0.531. The molecule has 228 valence electrons. The second-order valence-corrected chi connectivity index (χ2v) is 12.8. The Bertz CT molecular complexity index is 1520. The van der Waals surface area contributed by atoms with E-state index in [2.05, 4.69) is 5.32 Å². The molecule has 2 aromatic rings. The van der Waals surface area contributed by atoms with Crippen LogP contribution in [-0.2, 0) is 32.1 Å². The average Bonchev–Trinajstić information content (AvgIpc) is 3.43. The van der Waals surface area contributed by atoms with Gasteiger partial charge in [-0.25, -0.2) is 0 Å². The van der Waals surface area contributed by atoms with Crippen molar-refractivity contribution in [1.82, 2.24) is 10.2 Å². The van der Waals surface area contributed by atoms with Crippen molar-refractivity contribution in [2.45, 2.75) is 69.2 Å². The van der Waals surface area contributed by atoms with Gasteiger partial charge in [0, 0.05) is 17.5 Å². The van der Waals surface area contributed by atoms with E-state index in [4.69, 9.17) is 10.2 Å². The highest BCUT2D eigenvalue weighted by Crippen LogP contribution is 2.51. The van der Waals surface area contributed by atoms with Crippen LogP contribution in [0.15, 0.2) is 28.7 Å². The number of nitrogens with two attached hydrogens (primary N) is 1. The monoisotopic (exact) mass is 591 g/mol. The first kappa shape index (κ1) is 29.4. The first-order valence-corrected chi connectivity index (χ1v) is 15.0. The second-order valence-electron chi connectivity index (χ2n) is 12.8. The summed E-state index contributed by atoms with van der Waals surface area (Å²) < 4.78 is 6.17. The molecule has 6 rings (SSSR count). The second kappa shape index (κ2) is 10.8. The van der Waals surface area contributed by atoms with Gasteiger partial charge in [0.15, 0.2) is 34.7 Å². The van der Waals surface area contributed by atoms with Crippen LogP contribution >= 0.6 is 0 Å². The minimum atomic E-state index is -2.74. The number of carbonyl (C=O) groups excluding carboxylic acids is 5. The number of rotatable bonds is 6. The molecule has 1 aromatic carbocycles. The molecule has 1 aromatic heterocycles. The average molecular weight is 592 g/mol. The molecule has 6 atom stereocenters. The van der Waals surface area contributed by atoms with Crippen LogP contribution in [0.2, 0.25) is 0 Å². The van der Waals surface area contributed by atoms with Gasteiger partial charge in [0.1, 0.15) is 17.3 Å². The van der Waals surface area contributed by atoms with Crippen molar-refractivity contribution in [3.63, 3.8) is 0 Å². The molecule has 0 saturated heterocycles. The number of aliphatic hydroxyl groups is 1. The Labute approximate surface area is 248 Å². The van der Waals surface area contributed by atoms with E-state index in [1.54, 1.807) is 20.2 Å². The standard InChI is InChI=1S/C32H37N3O8/c1-35(2)26-20-13-15-12-19-18(22-11-8-17(43-22)14-34-16-6-4-3-5-7-16)9-10-21(36)24(19)27(37)23(15)29(39)32(20,42)30(40)25(28(26)38)31(33)41/h8-11,15-16,20,23,25-26,34,36,42H,3-7,12-14H2,1-2H3,(H2,33,41). The van der Waals surface area contributed by atoms with E-state index in [0.717, 1.165) is 18.6 Å². The number of nitrogens with zero attached hydrogens (tertiary/aromatic N) is 1. The normalized spacial score (nSPS) is 31.1. The Kier molecular flexibility index (Phi) is 7.38. The molecule has 0 radical (unpaired) electrons. The van der Waals surface area contributed by atoms with Crippen molar-refractivity contribution in [3.05, 3.63) is 41.2 Å². The molecular weight excluding hydrogens is 554 g/mol. The zero-order valence-electron chi connectivity index (χ0n) is 24.3. The van der Waals surface area contributed by atoms with Gasteiger partial charge < -0.3 is 25.7 Å². The summed E-state index contributed by atoms with van der Waals surface area (Å²) in [5.41, 5.74) is 3.69. The number of likely N-dealkylation sites (N-methyl/N-ethyl adjacent to an activating group) is 1. The Morgan fingerprint density at radius 3 is 2.47 bits per heavy atom. The van der Waals surface area contributed by atoms with Crippen LogP contribution in [0, 0.1) is 23.7 Å². The van der Waals surface area contributed by atoms with Crippen LogP contribution in [0.3, 0.4) is 0 Å². The largest absolute Gasteiger partial charge is 0.507 e. The summed E-state index contributed by atoms with van der Waals surface area (Å²) in [6, 6.07) is 6.04. The third-order valence-electron chi connectivity index (χ3n) is 10.0. The number of nitrogens with one attached hydrogen (secondary N) is 1. The number of ketones is 4. The molecule has 0 spiro atoms. The Hall–Kier alpha value is -3.67. The summed E-state index contributed by atoms with van der Waals surface area (Å²) in [5, 5.41) is 26.1. The highest BCUT2D eigenvalue weighted by atomic mass is 16.3. The Morgan fingerprint density at radius 2 is 1.79 bits per heavy atom. The Balaban J connectivity index is 1.35. The zero-order valence-corrected chi connectivity index (χ0v) is 24.3. The van der Waals surface area contributed by atoms with Crippen molar-refractivity contribution in [1.29, 1.82) is 0 Å². The molecule has 1 heterocycles. The molecule has 0 bridgehead atoms. The molecule has 3 saturated carbocycles. The summed E-state index contributed by atoms with van der Waals surface area (Å²) in [7, 11) is 3.12. The summed E-state index contributed by atoms with van der Waals surface area (Å²) in [4.78, 5) is 68.2. The van der Waals surface area contributed by atoms with Crippen LogP contribution in [0.1, 0.15) is 60.2 Å². The number of amides is 1. The number of aromatic hydroxyl groups is 1. The smallest absolute Gasteiger partial charge is 0.235 e. The topological polar surface area (TPSA) is 180 Å². The predicted molar refractivity (Wildman–Crippen MR) is 153 cm³/mol. The van der Waals surface area contributed by atoms with Gasteiger partial charge in [-0.05, 0) is 75.5 Å². The molecular formula is C32H37N3O8. The summed E-state index contributed by atoms with van der Waals surface area (Å²) in [6.45, 7) is 0.559. The first-order chi connectivity index (χ1) is 20.4. The van der Waals surface area contributed by atoms with E-state index in [0.29, 0.717) is 29.5 Å². The number of phenolic OH excluding ortho intramolecular Hbond substituents is 1. The maximum atomic E-state index is 14.0. The summed E-state index contributed by atoms with van der Waals surface area (Å²) in [5.74, 6) is -9.41. The van der Waals surface area contributed by atoms with Gasteiger partial charge in [0.2, 0.25) is 5.91 Å².